The quantitative estimate of drug-likeness (QED) is 0.883. The predicted octanol–water partition coefficient (Wildman–Crippen LogP) is 1.56. The first-order chi connectivity index (χ1) is 9.60. The molecule has 5 heteroatoms. The Hall–Kier alpha value is -1.17. The van der Waals surface area contributed by atoms with E-state index in [9.17, 15) is 9.50 Å². The van der Waals surface area contributed by atoms with Gasteiger partial charge >= 0.3 is 0 Å². The molecule has 0 radical (unpaired) electrons. The maximum Gasteiger partial charge on any atom is 0.132 e. The minimum absolute atomic E-state index is 0.0819. The van der Waals surface area contributed by atoms with Crippen LogP contribution < -0.4 is 10.1 Å². The fourth-order valence-corrected chi connectivity index (χ4v) is 3.27. The van der Waals surface area contributed by atoms with Crippen molar-refractivity contribution >= 4 is 0 Å². The first kappa shape index (κ1) is 13.8. The van der Waals surface area contributed by atoms with Crippen molar-refractivity contribution in [3.63, 3.8) is 0 Å². The van der Waals surface area contributed by atoms with Crippen LogP contribution in [0.4, 0.5) is 4.39 Å². The van der Waals surface area contributed by atoms with Crippen LogP contribution in [-0.4, -0.2) is 37.0 Å². The van der Waals surface area contributed by atoms with Gasteiger partial charge in [-0.15, -0.1) is 0 Å². The Morgan fingerprint density at radius 3 is 2.70 bits per heavy atom. The van der Waals surface area contributed by atoms with Crippen molar-refractivity contribution in [2.75, 3.05) is 19.8 Å². The highest BCUT2D eigenvalue weighted by atomic mass is 19.1. The number of hydrogen-bond acceptors (Lipinski definition) is 4. The maximum atomic E-state index is 14.3. The summed E-state index contributed by atoms with van der Waals surface area (Å²) in [6, 6.07) is 4.87. The molecule has 4 nitrogen and oxygen atoms in total. The van der Waals surface area contributed by atoms with Gasteiger partial charge in [0, 0.05) is 23.7 Å². The lowest BCUT2D eigenvalue weighted by molar-refractivity contribution is -0.0817. The lowest BCUT2D eigenvalue weighted by Gasteiger charge is -2.45. The number of aliphatic hydroxyl groups is 1. The average Bonchev–Trinajstić information content (AvgIpc) is 2.38. The topological polar surface area (TPSA) is 50.7 Å². The van der Waals surface area contributed by atoms with Crippen LogP contribution >= 0.6 is 0 Å². The van der Waals surface area contributed by atoms with Crippen molar-refractivity contribution in [1.82, 2.24) is 5.32 Å². The third-order valence-electron chi connectivity index (χ3n) is 4.03. The van der Waals surface area contributed by atoms with Crippen molar-refractivity contribution in [1.29, 1.82) is 0 Å². The Bertz CT molecular complexity index is 482. The van der Waals surface area contributed by atoms with Crippen LogP contribution in [-0.2, 0) is 10.3 Å². The number of halogens is 1. The Morgan fingerprint density at radius 1 is 1.40 bits per heavy atom. The molecule has 0 aliphatic carbocycles. The van der Waals surface area contributed by atoms with E-state index in [1.165, 1.54) is 6.07 Å². The van der Waals surface area contributed by atoms with Crippen LogP contribution in [0.5, 0.6) is 5.75 Å². The fourth-order valence-electron chi connectivity index (χ4n) is 3.27. The van der Waals surface area contributed by atoms with Crippen LogP contribution in [0.1, 0.15) is 25.3 Å². The van der Waals surface area contributed by atoms with Gasteiger partial charge in [0.1, 0.15) is 11.6 Å². The van der Waals surface area contributed by atoms with E-state index in [-0.39, 0.29) is 12.1 Å². The fraction of sp³-hybridized carbons (Fsp3) is 0.600. The van der Waals surface area contributed by atoms with Crippen LogP contribution in [0.25, 0.3) is 0 Å². The summed E-state index contributed by atoms with van der Waals surface area (Å²) in [5.74, 6) is 0.0918. The van der Waals surface area contributed by atoms with Gasteiger partial charge in [0.15, 0.2) is 0 Å². The van der Waals surface area contributed by atoms with Crippen molar-refractivity contribution < 1.29 is 19.0 Å². The summed E-state index contributed by atoms with van der Waals surface area (Å²) in [7, 11) is 0. The zero-order valence-electron chi connectivity index (χ0n) is 11.6. The molecule has 2 fully saturated rings. The third-order valence-corrected chi connectivity index (χ3v) is 4.03. The van der Waals surface area contributed by atoms with E-state index in [2.05, 4.69) is 5.32 Å². The Kier molecular flexibility index (Phi) is 3.67. The lowest BCUT2D eigenvalue weighted by Crippen LogP contribution is -2.58. The highest BCUT2D eigenvalue weighted by Crippen LogP contribution is 2.38. The number of rotatable bonds is 3. The van der Waals surface area contributed by atoms with Crippen molar-refractivity contribution in [2.45, 2.75) is 37.5 Å². The third kappa shape index (κ3) is 2.53. The number of piperidine rings is 1. The molecule has 2 saturated heterocycles. The number of benzene rings is 1. The lowest BCUT2D eigenvalue weighted by atomic mass is 9.78. The number of ether oxygens (including phenoxy) is 2. The molecule has 2 heterocycles. The van der Waals surface area contributed by atoms with E-state index in [0.29, 0.717) is 44.0 Å². The summed E-state index contributed by atoms with van der Waals surface area (Å²) in [5, 5.41) is 14.3. The van der Waals surface area contributed by atoms with Gasteiger partial charge in [-0.3, -0.25) is 0 Å². The second kappa shape index (κ2) is 5.31. The number of hydrogen-bond donors (Lipinski definition) is 2. The Labute approximate surface area is 117 Å². The molecule has 110 valence electrons. The molecule has 3 rings (SSSR count). The SMILES string of the molecule is CCOc1ccc(C2(O)CC3COCC(C2)N3)c(F)c1. The van der Waals surface area contributed by atoms with Crippen LogP contribution in [0.15, 0.2) is 18.2 Å². The number of morpholine rings is 1. The molecular weight excluding hydrogens is 261 g/mol. The molecular formula is C15H20FNO3. The molecule has 20 heavy (non-hydrogen) atoms. The molecule has 2 atom stereocenters. The van der Waals surface area contributed by atoms with E-state index in [1.54, 1.807) is 12.1 Å². The highest BCUT2D eigenvalue weighted by molar-refractivity contribution is 5.33. The Balaban J connectivity index is 1.87. The average molecular weight is 281 g/mol. The summed E-state index contributed by atoms with van der Waals surface area (Å²) in [5.41, 5.74) is -0.765. The van der Waals surface area contributed by atoms with E-state index in [0.717, 1.165) is 0 Å². The zero-order valence-corrected chi connectivity index (χ0v) is 11.6. The molecule has 2 bridgehead atoms. The van der Waals surface area contributed by atoms with Gasteiger partial charge in [-0.05, 0) is 31.9 Å². The number of fused-ring (bicyclic) bond motifs is 2. The molecule has 2 aliphatic rings. The van der Waals surface area contributed by atoms with Gasteiger partial charge in [0.05, 0.1) is 25.4 Å². The van der Waals surface area contributed by atoms with E-state index in [4.69, 9.17) is 9.47 Å². The summed E-state index contributed by atoms with van der Waals surface area (Å²) in [6.07, 6.45) is 0.933. The summed E-state index contributed by atoms with van der Waals surface area (Å²) >= 11 is 0. The maximum absolute atomic E-state index is 14.3. The van der Waals surface area contributed by atoms with Gasteiger partial charge in [0.2, 0.25) is 0 Å². The normalized spacial score (nSPS) is 33.0. The smallest absolute Gasteiger partial charge is 0.132 e. The van der Waals surface area contributed by atoms with Crippen molar-refractivity contribution in [3.8, 4) is 5.75 Å². The van der Waals surface area contributed by atoms with Crippen LogP contribution in [0.3, 0.4) is 0 Å². The zero-order chi connectivity index (χ0) is 14.2. The molecule has 2 unspecified atom stereocenters. The highest BCUT2D eigenvalue weighted by Gasteiger charge is 2.43. The summed E-state index contributed by atoms with van der Waals surface area (Å²) in [6.45, 7) is 3.48. The molecule has 0 amide bonds. The van der Waals surface area contributed by atoms with Crippen LogP contribution in [0, 0.1) is 5.82 Å². The van der Waals surface area contributed by atoms with Crippen molar-refractivity contribution in [3.05, 3.63) is 29.6 Å². The molecule has 2 N–H and O–H groups in total. The standard InChI is InChI=1S/C15H20FNO3/c1-2-20-12-3-4-13(14(16)5-12)15(18)6-10-8-19-9-11(7-15)17-10/h3-5,10-11,17-18H,2,6-9H2,1H3. The van der Waals surface area contributed by atoms with Crippen LogP contribution in [0.2, 0.25) is 0 Å². The minimum Gasteiger partial charge on any atom is -0.494 e. The monoisotopic (exact) mass is 281 g/mol. The summed E-state index contributed by atoms with van der Waals surface area (Å²) < 4.78 is 25.0. The van der Waals surface area contributed by atoms with Gasteiger partial charge in [-0.2, -0.15) is 0 Å². The summed E-state index contributed by atoms with van der Waals surface area (Å²) in [4.78, 5) is 0. The first-order valence-electron chi connectivity index (χ1n) is 7.10. The van der Waals surface area contributed by atoms with E-state index in [1.807, 2.05) is 6.92 Å². The van der Waals surface area contributed by atoms with Gasteiger partial charge < -0.3 is 19.9 Å². The molecule has 0 aromatic heterocycles. The second-order valence-electron chi connectivity index (χ2n) is 5.61. The predicted molar refractivity (Wildman–Crippen MR) is 72.2 cm³/mol. The van der Waals surface area contributed by atoms with Crippen molar-refractivity contribution in [2.24, 2.45) is 0 Å². The Morgan fingerprint density at radius 2 is 2.10 bits per heavy atom. The second-order valence-corrected chi connectivity index (χ2v) is 5.61. The van der Waals surface area contributed by atoms with Gasteiger partial charge in [-0.1, -0.05) is 0 Å². The molecule has 2 aliphatic heterocycles. The van der Waals surface area contributed by atoms with E-state index < -0.39 is 11.4 Å². The molecule has 0 saturated carbocycles. The molecule has 0 spiro atoms. The number of nitrogens with one attached hydrogen (secondary N) is 1. The van der Waals surface area contributed by atoms with E-state index >= 15 is 0 Å². The molecule has 1 aromatic rings. The minimum atomic E-state index is -1.13. The van der Waals surface area contributed by atoms with Gasteiger partial charge in [-0.25, -0.2) is 4.39 Å². The first-order valence-corrected chi connectivity index (χ1v) is 7.10. The molecule has 1 aromatic carbocycles. The van der Waals surface area contributed by atoms with Gasteiger partial charge in [0.25, 0.3) is 0 Å². The largest absolute Gasteiger partial charge is 0.494 e.